The summed E-state index contributed by atoms with van der Waals surface area (Å²) in [6.07, 6.45) is 6.26. The zero-order valence-corrected chi connectivity index (χ0v) is 39.3. The third kappa shape index (κ3) is 5.31. The van der Waals surface area contributed by atoms with Crippen molar-refractivity contribution in [2.45, 2.75) is 155 Å². The second-order valence-corrected chi connectivity index (χ2v) is 24.7. The molecular formula is C56H63BN2S. The molecule has 3 heterocycles. The lowest BCUT2D eigenvalue weighted by atomic mass is 9.35. The Morgan fingerprint density at radius 1 is 0.550 bits per heavy atom. The van der Waals surface area contributed by atoms with Crippen molar-refractivity contribution in [1.82, 2.24) is 0 Å². The summed E-state index contributed by atoms with van der Waals surface area (Å²) in [5.74, 6) is 0. The molecule has 5 aromatic carbocycles. The quantitative estimate of drug-likeness (QED) is 0.161. The van der Waals surface area contributed by atoms with Crippen LogP contribution in [0.3, 0.4) is 0 Å². The van der Waals surface area contributed by atoms with Crippen LogP contribution in [0.2, 0.25) is 0 Å². The van der Waals surface area contributed by atoms with Gasteiger partial charge in [0.25, 0.3) is 6.71 Å². The van der Waals surface area contributed by atoms with Crippen molar-refractivity contribution in [3.63, 3.8) is 0 Å². The van der Waals surface area contributed by atoms with E-state index in [-0.39, 0.29) is 39.2 Å². The Kier molecular flexibility index (Phi) is 7.73. The zero-order valence-electron chi connectivity index (χ0n) is 38.5. The minimum absolute atomic E-state index is 0.0773. The van der Waals surface area contributed by atoms with Crippen molar-refractivity contribution in [3.8, 4) is 0 Å². The van der Waals surface area contributed by atoms with Gasteiger partial charge in [0, 0.05) is 43.3 Å². The van der Waals surface area contributed by atoms with Crippen LogP contribution in [0, 0.1) is 6.92 Å². The van der Waals surface area contributed by atoms with E-state index in [0.29, 0.717) is 0 Å². The maximum absolute atomic E-state index is 2.70. The van der Waals surface area contributed by atoms with Crippen molar-refractivity contribution in [3.05, 3.63) is 124 Å². The van der Waals surface area contributed by atoms with Crippen molar-refractivity contribution in [2.75, 3.05) is 9.80 Å². The molecule has 0 radical (unpaired) electrons. The number of hydrogen-bond donors (Lipinski definition) is 0. The van der Waals surface area contributed by atoms with Gasteiger partial charge >= 0.3 is 0 Å². The summed E-state index contributed by atoms with van der Waals surface area (Å²) in [6.45, 7) is 31.4. The van der Waals surface area contributed by atoms with Gasteiger partial charge in [0.15, 0.2) is 0 Å². The molecule has 5 aliphatic rings. The van der Waals surface area contributed by atoms with E-state index in [1.54, 1.807) is 11.1 Å². The van der Waals surface area contributed by atoms with Gasteiger partial charge in [0.05, 0.1) is 5.69 Å². The van der Waals surface area contributed by atoms with Gasteiger partial charge in [0.2, 0.25) is 0 Å². The molecule has 2 unspecified atom stereocenters. The SMILES string of the molecule is Cc1cc2c3c(c1)N(c1ccc(C(C)(C)C)cc1)c1c(sc4cc5c(cc14)C1(C)CCC5(C)C1)B3c1cc3c(cc1N2c1ccc(C(C)(C)C)cc1)C(C)(C)CCC3(C)C. The van der Waals surface area contributed by atoms with Gasteiger partial charge in [-0.05, 0) is 176 Å². The lowest BCUT2D eigenvalue weighted by Crippen LogP contribution is -2.61. The molecular weight excluding hydrogens is 744 g/mol. The first-order valence-electron chi connectivity index (χ1n) is 22.8. The first-order chi connectivity index (χ1) is 28.1. The summed E-state index contributed by atoms with van der Waals surface area (Å²) < 4.78 is 2.94. The minimum Gasteiger partial charge on any atom is -0.311 e. The number of thiophene rings is 1. The number of anilines is 6. The average Bonchev–Trinajstić information content (AvgIpc) is 3.78. The van der Waals surface area contributed by atoms with E-state index in [0.717, 1.165) is 0 Å². The lowest BCUT2D eigenvalue weighted by Gasteiger charge is -2.47. The molecule has 2 nitrogen and oxygen atoms in total. The number of fused-ring (bicyclic) bond motifs is 12. The summed E-state index contributed by atoms with van der Waals surface area (Å²) >= 11 is 2.08. The zero-order chi connectivity index (χ0) is 42.3. The molecule has 4 heteroatoms. The second-order valence-electron chi connectivity index (χ2n) is 23.6. The monoisotopic (exact) mass is 806 g/mol. The molecule has 2 bridgehead atoms. The smallest absolute Gasteiger partial charge is 0.264 e. The molecule has 2 aliphatic heterocycles. The van der Waals surface area contributed by atoms with E-state index in [1.807, 2.05) is 0 Å². The molecule has 60 heavy (non-hydrogen) atoms. The minimum atomic E-state index is 0.0773. The highest BCUT2D eigenvalue weighted by Crippen LogP contribution is 2.62. The number of rotatable bonds is 2. The molecule has 1 fully saturated rings. The Bertz CT molecular complexity index is 2810. The molecule has 1 saturated carbocycles. The fraction of sp³-hybridized carbons (Fsp3) is 0.429. The number of benzene rings is 5. The molecule has 2 atom stereocenters. The Morgan fingerprint density at radius 3 is 1.60 bits per heavy atom. The van der Waals surface area contributed by atoms with E-state index in [4.69, 9.17) is 0 Å². The van der Waals surface area contributed by atoms with Gasteiger partial charge in [0.1, 0.15) is 0 Å². The normalized spacial score (nSPS) is 23.1. The average molecular weight is 807 g/mol. The standard InChI is InChI=1S/C56H63BN2S/c1-33-26-45-48-46(27-33)59(37-20-16-35(17-21-37)52(5,6)7)49-38-28-41-42(56(13)25-24-55(41,12)32-56)31-47(38)60-50(49)57(48)43-29-39-40(54(10,11)23-22-53(39,8)9)30-44(43)58(45)36-18-14-34(15-19-36)51(2,3)4/h14-21,26-31H,22-25,32H2,1-13H3. The molecule has 0 amide bonds. The maximum atomic E-state index is 2.70. The molecule has 6 aromatic rings. The Morgan fingerprint density at radius 2 is 1.05 bits per heavy atom. The Labute approximate surface area is 364 Å². The highest BCUT2D eigenvalue weighted by Gasteiger charge is 2.54. The summed E-state index contributed by atoms with van der Waals surface area (Å²) in [7, 11) is 0. The van der Waals surface area contributed by atoms with Crippen molar-refractivity contribution < 1.29 is 0 Å². The van der Waals surface area contributed by atoms with Crippen LogP contribution in [-0.2, 0) is 32.5 Å². The highest BCUT2D eigenvalue weighted by molar-refractivity contribution is 7.33. The number of nitrogens with zero attached hydrogens (tertiary/aromatic N) is 2. The lowest BCUT2D eigenvalue weighted by molar-refractivity contribution is 0.332. The molecule has 0 spiro atoms. The first kappa shape index (κ1) is 38.6. The molecule has 11 rings (SSSR count). The summed E-state index contributed by atoms with van der Waals surface area (Å²) in [5.41, 5.74) is 21.9. The van der Waals surface area contributed by atoms with Gasteiger partial charge in [-0.1, -0.05) is 113 Å². The van der Waals surface area contributed by atoms with Crippen molar-refractivity contribution in [2.24, 2.45) is 0 Å². The molecule has 0 saturated heterocycles. The van der Waals surface area contributed by atoms with Crippen LogP contribution in [0.15, 0.2) is 84.9 Å². The van der Waals surface area contributed by atoms with Crippen LogP contribution in [0.4, 0.5) is 34.1 Å². The predicted octanol–water partition coefficient (Wildman–Crippen LogP) is 13.9. The molecule has 0 N–H and O–H groups in total. The fourth-order valence-corrected chi connectivity index (χ4v) is 13.9. The topological polar surface area (TPSA) is 6.48 Å². The second kappa shape index (κ2) is 12.0. The van der Waals surface area contributed by atoms with Gasteiger partial charge < -0.3 is 9.80 Å². The van der Waals surface area contributed by atoms with Crippen molar-refractivity contribution in [1.29, 1.82) is 0 Å². The van der Waals surface area contributed by atoms with Gasteiger partial charge in [-0.2, -0.15) is 0 Å². The maximum Gasteiger partial charge on any atom is 0.264 e. The van der Waals surface area contributed by atoms with E-state index < -0.39 is 0 Å². The molecule has 1 aromatic heterocycles. The Hall–Kier alpha value is -4.28. The predicted molar refractivity (Wildman–Crippen MR) is 262 cm³/mol. The van der Waals surface area contributed by atoms with E-state index in [9.17, 15) is 0 Å². The third-order valence-electron chi connectivity index (χ3n) is 16.2. The van der Waals surface area contributed by atoms with E-state index in [1.165, 1.54) is 120 Å². The van der Waals surface area contributed by atoms with Crippen LogP contribution in [-0.4, -0.2) is 6.71 Å². The summed E-state index contributed by atoms with van der Waals surface area (Å²) in [5, 5.41) is 1.43. The molecule has 306 valence electrons. The first-order valence-corrected chi connectivity index (χ1v) is 23.7. The fourth-order valence-electron chi connectivity index (χ4n) is 12.5. The molecule has 3 aliphatic carbocycles. The third-order valence-corrected chi connectivity index (χ3v) is 17.4. The number of hydrogen-bond acceptors (Lipinski definition) is 3. The van der Waals surface area contributed by atoms with E-state index in [2.05, 4.69) is 196 Å². The van der Waals surface area contributed by atoms with Crippen LogP contribution in [0.5, 0.6) is 0 Å². The highest BCUT2D eigenvalue weighted by atomic mass is 32.1. The summed E-state index contributed by atoms with van der Waals surface area (Å²) in [4.78, 5) is 5.33. The van der Waals surface area contributed by atoms with Gasteiger partial charge in [-0.25, -0.2) is 0 Å². The summed E-state index contributed by atoms with van der Waals surface area (Å²) in [6, 6.07) is 34.8. The largest absolute Gasteiger partial charge is 0.311 e. The van der Waals surface area contributed by atoms with Crippen LogP contribution in [0.25, 0.3) is 10.1 Å². The van der Waals surface area contributed by atoms with Crippen LogP contribution < -0.4 is 25.5 Å². The van der Waals surface area contributed by atoms with Crippen LogP contribution >= 0.6 is 11.3 Å². The van der Waals surface area contributed by atoms with Gasteiger partial charge in [-0.3, -0.25) is 0 Å². The van der Waals surface area contributed by atoms with Crippen molar-refractivity contribution >= 4 is 78.0 Å². The van der Waals surface area contributed by atoms with Crippen LogP contribution in [0.1, 0.15) is 154 Å². The van der Waals surface area contributed by atoms with Gasteiger partial charge in [-0.15, -0.1) is 11.3 Å². The Balaban J connectivity index is 1.25. The van der Waals surface area contributed by atoms with E-state index >= 15 is 0 Å². The number of aryl methyl sites for hydroxylation is 1.